The van der Waals surface area contributed by atoms with E-state index in [0.29, 0.717) is 12.0 Å². The summed E-state index contributed by atoms with van der Waals surface area (Å²) in [6.45, 7) is 1.27. The third kappa shape index (κ3) is 3.47. The lowest BCUT2D eigenvalue weighted by atomic mass is 9.87. The van der Waals surface area contributed by atoms with Crippen molar-refractivity contribution in [2.75, 3.05) is 11.9 Å². The number of urea groups is 1. The first-order chi connectivity index (χ1) is 15.7. The molecule has 4 rings (SSSR count). The summed E-state index contributed by atoms with van der Waals surface area (Å²) in [6.07, 6.45) is 1.61. The van der Waals surface area contributed by atoms with Gasteiger partial charge in [0.05, 0.1) is 17.3 Å². The summed E-state index contributed by atoms with van der Waals surface area (Å²) in [4.78, 5) is 67.8. The van der Waals surface area contributed by atoms with E-state index in [1.807, 2.05) is 6.07 Å². The van der Waals surface area contributed by atoms with Crippen LogP contribution in [0.1, 0.15) is 18.9 Å². The lowest BCUT2D eigenvalue weighted by Crippen LogP contribution is -2.44. The average Bonchev–Trinajstić information content (AvgIpc) is 3.07. The van der Waals surface area contributed by atoms with Crippen molar-refractivity contribution in [3.8, 4) is 0 Å². The average molecular weight is 450 g/mol. The Labute approximate surface area is 187 Å². The molecule has 11 heteroatoms. The number of benzene rings is 1. The number of nitrogens with one attached hydrogen (secondary N) is 2. The quantitative estimate of drug-likeness (QED) is 0.541. The number of aryl methyl sites for hydroxylation is 1. The van der Waals surface area contributed by atoms with Gasteiger partial charge in [0, 0.05) is 14.1 Å². The monoisotopic (exact) mass is 450 g/mol. The van der Waals surface area contributed by atoms with Crippen molar-refractivity contribution in [3.05, 3.63) is 69.0 Å². The van der Waals surface area contributed by atoms with Gasteiger partial charge in [0.25, 0.3) is 11.5 Å². The van der Waals surface area contributed by atoms with E-state index < -0.39 is 41.2 Å². The van der Waals surface area contributed by atoms with Gasteiger partial charge in [-0.05, 0) is 18.1 Å². The molecular weight excluding hydrogens is 428 g/mol. The van der Waals surface area contributed by atoms with Gasteiger partial charge in [0.15, 0.2) is 0 Å². The van der Waals surface area contributed by atoms with Crippen LogP contribution >= 0.6 is 0 Å². The van der Waals surface area contributed by atoms with Crippen LogP contribution in [-0.4, -0.2) is 43.4 Å². The zero-order valence-electron chi connectivity index (χ0n) is 18.3. The fourth-order valence-corrected chi connectivity index (χ4v) is 4.01. The van der Waals surface area contributed by atoms with Crippen LogP contribution in [0, 0.1) is 0 Å². The van der Waals surface area contributed by atoms with Crippen LogP contribution in [0.15, 0.2) is 52.2 Å². The molecule has 1 unspecified atom stereocenters. The molecule has 1 atom stereocenters. The van der Waals surface area contributed by atoms with Gasteiger partial charge in [-0.25, -0.2) is 14.6 Å². The SMILES string of the molecule is CCC1(c2ccccc2)NC(=O)N(CC(=O)Nc2cnc3c(c2)c(=O)n(C)c(=O)n3C)C1=O. The standard InChI is InChI=1S/C22H22N6O5/c1-4-22(13-8-6-5-7-9-13)19(31)28(20(32)25-22)12-16(29)24-14-10-15-17(23-11-14)26(2)21(33)27(3)18(15)30/h5-11H,4,12H2,1-3H3,(H,24,29)(H,25,32). The molecule has 3 aromatic rings. The summed E-state index contributed by atoms with van der Waals surface area (Å²) in [5.41, 5.74) is -1.31. The van der Waals surface area contributed by atoms with Crippen LogP contribution in [0.3, 0.4) is 0 Å². The third-order valence-electron chi connectivity index (χ3n) is 5.85. The van der Waals surface area contributed by atoms with Gasteiger partial charge < -0.3 is 10.6 Å². The minimum atomic E-state index is -1.24. The molecular formula is C22H22N6O5. The van der Waals surface area contributed by atoms with Gasteiger partial charge in [-0.1, -0.05) is 37.3 Å². The number of carbonyl (C=O) groups is 3. The highest BCUT2D eigenvalue weighted by Gasteiger charge is 2.51. The highest BCUT2D eigenvalue weighted by molar-refractivity contribution is 6.10. The first-order valence-corrected chi connectivity index (χ1v) is 10.2. The van der Waals surface area contributed by atoms with Gasteiger partial charge in [0.2, 0.25) is 5.91 Å². The van der Waals surface area contributed by atoms with Gasteiger partial charge in [-0.15, -0.1) is 0 Å². The Morgan fingerprint density at radius 3 is 2.45 bits per heavy atom. The molecule has 2 aromatic heterocycles. The van der Waals surface area contributed by atoms with Crippen molar-refractivity contribution >= 4 is 34.6 Å². The Morgan fingerprint density at radius 2 is 1.79 bits per heavy atom. The highest BCUT2D eigenvalue weighted by atomic mass is 16.2. The van der Waals surface area contributed by atoms with E-state index in [1.54, 1.807) is 31.2 Å². The number of carbonyl (C=O) groups excluding carboxylic acids is 3. The smallest absolute Gasteiger partial charge is 0.323 e. The summed E-state index contributed by atoms with van der Waals surface area (Å²) in [6, 6.07) is 9.58. The van der Waals surface area contributed by atoms with Crippen molar-refractivity contribution in [2.24, 2.45) is 14.1 Å². The maximum atomic E-state index is 13.2. The van der Waals surface area contributed by atoms with Gasteiger partial charge in [0.1, 0.15) is 17.7 Å². The molecule has 3 heterocycles. The minimum Gasteiger partial charge on any atom is -0.323 e. The molecule has 0 radical (unpaired) electrons. The molecule has 0 spiro atoms. The Kier molecular flexibility index (Phi) is 5.32. The number of imide groups is 1. The largest absolute Gasteiger partial charge is 0.332 e. The van der Waals surface area contributed by atoms with Crippen molar-refractivity contribution in [1.29, 1.82) is 0 Å². The topological polar surface area (TPSA) is 135 Å². The normalized spacial score (nSPS) is 18.0. The number of pyridine rings is 1. The first-order valence-electron chi connectivity index (χ1n) is 10.2. The zero-order chi connectivity index (χ0) is 23.9. The third-order valence-corrected chi connectivity index (χ3v) is 5.85. The molecule has 1 fully saturated rings. The Bertz CT molecular complexity index is 1410. The van der Waals surface area contributed by atoms with Gasteiger partial charge in [-0.2, -0.15) is 0 Å². The predicted octanol–water partition coefficient (Wildman–Crippen LogP) is 0.428. The lowest BCUT2D eigenvalue weighted by molar-refractivity contribution is -0.134. The summed E-state index contributed by atoms with van der Waals surface area (Å²) in [5, 5.41) is 5.42. The number of fused-ring (bicyclic) bond motifs is 1. The van der Waals surface area contributed by atoms with Crippen LogP contribution in [0.2, 0.25) is 0 Å². The fraction of sp³-hybridized carbons (Fsp3) is 0.273. The van der Waals surface area contributed by atoms with E-state index in [0.717, 1.165) is 9.47 Å². The number of hydrogen-bond acceptors (Lipinski definition) is 6. The van der Waals surface area contributed by atoms with E-state index in [1.165, 1.54) is 30.9 Å². The van der Waals surface area contributed by atoms with E-state index in [4.69, 9.17) is 0 Å². The van der Waals surface area contributed by atoms with E-state index in [2.05, 4.69) is 15.6 Å². The molecule has 2 N–H and O–H groups in total. The number of hydrogen-bond donors (Lipinski definition) is 2. The van der Waals surface area contributed by atoms with E-state index in [-0.39, 0.29) is 16.7 Å². The molecule has 0 bridgehead atoms. The van der Waals surface area contributed by atoms with Crippen LogP contribution < -0.4 is 21.9 Å². The molecule has 11 nitrogen and oxygen atoms in total. The molecule has 1 aliphatic rings. The second-order valence-electron chi connectivity index (χ2n) is 7.80. The van der Waals surface area contributed by atoms with Crippen LogP contribution in [0.25, 0.3) is 11.0 Å². The Balaban J connectivity index is 1.57. The second-order valence-corrected chi connectivity index (χ2v) is 7.80. The maximum Gasteiger partial charge on any atom is 0.332 e. The van der Waals surface area contributed by atoms with Crippen molar-refractivity contribution in [1.82, 2.24) is 24.3 Å². The van der Waals surface area contributed by atoms with Gasteiger partial charge >= 0.3 is 11.7 Å². The lowest BCUT2D eigenvalue weighted by Gasteiger charge is -2.25. The first kappa shape index (κ1) is 21.9. The van der Waals surface area contributed by atoms with Gasteiger partial charge in [-0.3, -0.25) is 28.4 Å². The summed E-state index contributed by atoms with van der Waals surface area (Å²) in [5.74, 6) is -1.15. The van der Waals surface area contributed by atoms with Crippen LogP contribution in [0.5, 0.6) is 0 Å². The summed E-state index contributed by atoms with van der Waals surface area (Å²) in [7, 11) is 2.83. The number of anilines is 1. The maximum absolute atomic E-state index is 13.2. The van der Waals surface area contributed by atoms with Crippen molar-refractivity contribution in [2.45, 2.75) is 18.9 Å². The zero-order valence-corrected chi connectivity index (χ0v) is 18.3. The highest BCUT2D eigenvalue weighted by Crippen LogP contribution is 2.32. The molecule has 1 saturated heterocycles. The second kappa shape index (κ2) is 8.01. The molecule has 1 aromatic carbocycles. The summed E-state index contributed by atoms with van der Waals surface area (Å²) < 4.78 is 2.17. The molecule has 0 saturated carbocycles. The van der Waals surface area contributed by atoms with E-state index >= 15 is 0 Å². The molecule has 0 aliphatic carbocycles. The molecule has 4 amide bonds. The summed E-state index contributed by atoms with van der Waals surface area (Å²) >= 11 is 0. The minimum absolute atomic E-state index is 0.140. The number of aromatic nitrogens is 3. The number of rotatable bonds is 5. The van der Waals surface area contributed by atoms with Crippen molar-refractivity contribution < 1.29 is 14.4 Å². The van der Waals surface area contributed by atoms with Crippen LogP contribution in [0.4, 0.5) is 10.5 Å². The molecule has 1 aliphatic heterocycles. The van der Waals surface area contributed by atoms with Crippen LogP contribution in [-0.2, 0) is 29.2 Å². The predicted molar refractivity (Wildman–Crippen MR) is 120 cm³/mol. The fourth-order valence-electron chi connectivity index (χ4n) is 4.01. The van der Waals surface area contributed by atoms with E-state index in [9.17, 15) is 24.0 Å². The molecule has 170 valence electrons. The molecule has 33 heavy (non-hydrogen) atoms. The number of nitrogens with zero attached hydrogens (tertiary/aromatic N) is 4. The number of amides is 4. The Morgan fingerprint density at radius 1 is 1.09 bits per heavy atom. The Hall–Kier alpha value is -4.28. The van der Waals surface area contributed by atoms with Crippen molar-refractivity contribution in [3.63, 3.8) is 0 Å².